The molecule has 94 valence electrons. The van der Waals surface area contributed by atoms with Crippen LogP contribution in [0.1, 0.15) is 37.3 Å². The largest absolute Gasteiger partial charge is 0.314 e. The molecule has 0 aliphatic heterocycles. The van der Waals surface area contributed by atoms with E-state index >= 15 is 0 Å². The van der Waals surface area contributed by atoms with E-state index in [4.69, 9.17) is 0 Å². The van der Waals surface area contributed by atoms with Gasteiger partial charge in [-0.15, -0.1) is 0 Å². The van der Waals surface area contributed by atoms with Crippen LogP contribution < -0.4 is 5.32 Å². The van der Waals surface area contributed by atoms with E-state index < -0.39 is 0 Å². The van der Waals surface area contributed by atoms with E-state index in [0.717, 1.165) is 24.4 Å². The van der Waals surface area contributed by atoms with Gasteiger partial charge in [0.2, 0.25) is 0 Å². The van der Waals surface area contributed by atoms with Gasteiger partial charge in [-0.25, -0.2) is 4.39 Å². The molecule has 1 fully saturated rings. The molecule has 1 unspecified atom stereocenters. The highest BCUT2D eigenvalue weighted by Gasteiger charge is 2.23. The fourth-order valence-corrected chi connectivity index (χ4v) is 2.33. The molecular formula is C15H22FN. The first-order valence-electron chi connectivity index (χ1n) is 6.63. The molecular weight excluding hydrogens is 213 g/mol. The summed E-state index contributed by atoms with van der Waals surface area (Å²) in [5.41, 5.74) is 2.30. The van der Waals surface area contributed by atoms with Crippen molar-refractivity contribution >= 4 is 0 Å². The molecule has 1 aliphatic rings. The van der Waals surface area contributed by atoms with Gasteiger partial charge in [-0.3, -0.25) is 0 Å². The molecule has 0 radical (unpaired) electrons. The van der Waals surface area contributed by atoms with Crippen molar-refractivity contribution in [2.24, 2.45) is 5.92 Å². The average molecular weight is 235 g/mol. The Kier molecular flexibility index (Phi) is 4.16. The predicted molar refractivity (Wildman–Crippen MR) is 69.6 cm³/mol. The Morgan fingerprint density at radius 3 is 2.82 bits per heavy atom. The highest BCUT2D eigenvalue weighted by molar-refractivity contribution is 5.26. The lowest BCUT2D eigenvalue weighted by atomic mass is 10.1. The number of aryl methyl sites for hydroxylation is 1. The summed E-state index contributed by atoms with van der Waals surface area (Å²) in [6.07, 6.45) is 5.13. The summed E-state index contributed by atoms with van der Waals surface area (Å²) in [5.74, 6) is 0.839. The maximum atomic E-state index is 12.9. The second-order valence-electron chi connectivity index (χ2n) is 5.36. The lowest BCUT2D eigenvalue weighted by Gasteiger charge is -2.13. The minimum Gasteiger partial charge on any atom is -0.314 e. The summed E-state index contributed by atoms with van der Waals surface area (Å²) in [5, 5.41) is 3.55. The minimum atomic E-state index is -0.138. The van der Waals surface area contributed by atoms with Crippen LogP contribution in [-0.2, 0) is 6.42 Å². The molecule has 2 heteroatoms. The molecule has 1 aliphatic carbocycles. The fraction of sp³-hybridized carbons (Fsp3) is 0.600. The molecule has 1 N–H and O–H groups in total. The van der Waals surface area contributed by atoms with Gasteiger partial charge in [0.25, 0.3) is 0 Å². The highest BCUT2D eigenvalue weighted by atomic mass is 19.1. The standard InChI is InChI=1S/C15H22FN/c1-11-9-15(16)6-5-14(11)7-8-17-12(2)10-13-3-4-13/h5-6,9,12-13,17H,3-4,7-8,10H2,1-2H3. The summed E-state index contributed by atoms with van der Waals surface area (Å²) in [6, 6.07) is 5.68. The van der Waals surface area contributed by atoms with Crippen LogP contribution >= 0.6 is 0 Å². The van der Waals surface area contributed by atoms with Crippen molar-refractivity contribution in [1.82, 2.24) is 5.32 Å². The van der Waals surface area contributed by atoms with Gasteiger partial charge in [0.05, 0.1) is 0 Å². The number of hydrogen-bond donors (Lipinski definition) is 1. The molecule has 1 nitrogen and oxygen atoms in total. The Morgan fingerprint density at radius 2 is 2.18 bits per heavy atom. The van der Waals surface area contributed by atoms with E-state index in [1.807, 2.05) is 13.0 Å². The van der Waals surface area contributed by atoms with Crippen LogP contribution in [0.3, 0.4) is 0 Å². The third-order valence-corrected chi connectivity index (χ3v) is 3.58. The SMILES string of the molecule is Cc1cc(F)ccc1CCNC(C)CC1CC1. The van der Waals surface area contributed by atoms with E-state index in [-0.39, 0.29) is 5.82 Å². The molecule has 1 aromatic carbocycles. The summed E-state index contributed by atoms with van der Waals surface area (Å²) in [7, 11) is 0. The smallest absolute Gasteiger partial charge is 0.123 e. The summed E-state index contributed by atoms with van der Waals surface area (Å²) in [6.45, 7) is 5.22. The van der Waals surface area contributed by atoms with E-state index in [1.165, 1.54) is 24.8 Å². The zero-order chi connectivity index (χ0) is 12.3. The van der Waals surface area contributed by atoms with E-state index in [2.05, 4.69) is 12.2 Å². The van der Waals surface area contributed by atoms with Crippen molar-refractivity contribution in [3.05, 3.63) is 35.1 Å². The topological polar surface area (TPSA) is 12.0 Å². The minimum absolute atomic E-state index is 0.138. The number of nitrogens with one attached hydrogen (secondary N) is 1. The van der Waals surface area contributed by atoms with Crippen LogP contribution in [0.25, 0.3) is 0 Å². The van der Waals surface area contributed by atoms with Gasteiger partial charge in [-0.1, -0.05) is 18.9 Å². The molecule has 2 rings (SSSR count). The van der Waals surface area contributed by atoms with Gasteiger partial charge in [-0.2, -0.15) is 0 Å². The first-order chi connectivity index (χ1) is 8.15. The number of halogens is 1. The molecule has 0 heterocycles. The van der Waals surface area contributed by atoms with Gasteiger partial charge in [0.1, 0.15) is 5.82 Å². The van der Waals surface area contributed by atoms with Crippen LogP contribution in [0.15, 0.2) is 18.2 Å². The van der Waals surface area contributed by atoms with Crippen LogP contribution in [0, 0.1) is 18.7 Å². The first kappa shape index (κ1) is 12.6. The van der Waals surface area contributed by atoms with E-state index in [0.29, 0.717) is 6.04 Å². The predicted octanol–water partition coefficient (Wildman–Crippen LogP) is 3.45. The van der Waals surface area contributed by atoms with Gasteiger partial charge in [0.15, 0.2) is 0 Å². The third kappa shape index (κ3) is 4.12. The van der Waals surface area contributed by atoms with Crippen LogP contribution in [-0.4, -0.2) is 12.6 Å². The van der Waals surface area contributed by atoms with Crippen molar-refractivity contribution in [3.63, 3.8) is 0 Å². The molecule has 0 saturated heterocycles. The van der Waals surface area contributed by atoms with E-state index in [9.17, 15) is 4.39 Å². The molecule has 17 heavy (non-hydrogen) atoms. The van der Waals surface area contributed by atoms with Crippen LogP contribution in [0.4, 0.5) is 4.39 Å². The Bertz CT molecular complexity index is 371. The molecule has 0 bridgehead atoms. The Balaban J connectivity index is 1.73. The van der Waals surface area contributed by atoms with Crippen molar-refractivity contribution in [1.29, 1.82) is 0 Å². The van der Waals surface area contributed by atoms with Gasteiger partial charge >= 0.3 is 0 Å². The lowest BCUT2D eigenvalue weighted by Crippen LogP contribution is -2.28. The van der Waals surface area contributed by atoms with Crippen molar-refractivity contribution < 1.29 is 4.39 Å². The normalized spacial score (nSPS) is 17.1. The van der Waals surface area contributed by atoms with E-state index in [1.54, 1.807) is 12.1 Å². The van der Waals surface area contributed by atoms with Crippen molar-refractivity contribution in [2.45, 2.75) is 45.6 Å². The molecule has 1 atom stereocenters. The maximum absolute atomic E-state index is 12.9. The zero-order valence-corrected chi connectivity index (χ0v) is 10.8. The Morgan fingerprint density at radius 1 is 1.41 bits per heavy atom. The zero-order valence-electron chi connectivity index (χ0n) is 10.8. The summed E-state index contributed by atoms with van der Waals surface area (Å²) in [4.78, 5) is 0. The average Bonchev–Trinajstić information content (AvgIpc) is 3.05. The summed E-state index contributed by atoms with van der Waals surface area (Å²) < 4.78 is 12.9. The highest BCUT2D eigenvalue weighted by Crippen LogP contribution is 2.33. The second-order valence-corrected chi connectivity index (χ2v) is 5.36. The Hall–Kier alpha value is -0.890. The van der Waals surface area contributed by atoms with Crippen LogP contribution in [0.5, 0.6) is 0 Å². The second kappa shape index (κ2) is 5.63. The molecule has 1 aromatic rings. The van der Waals surface area contributed by atoms with Gasteiger partial charge in [-0.05, 0) is 62.4 Å². The monoisotopic (exact) mass is 235 g/mol. The number of hydrogen-bond acceptors (Lipinski definition) is 1. The number of rotatable bonds is 6. The Labute approximate surface area is 103 Å². The maximum Gasteiger partial charge on any atom is 0.123 e. The lowest BCUT2D eigenvalue weighted by molar-refractivity contribution is 0.491. The van der Waals surface area contributed by atoms with Crippen LogP contribution in [0.2, 0.25) is 0 Å². The molecule has 0 amide bonds. The quantitative estimate of drug-likeness (QED) is 0.796. The third-order valence-electron chi connectivity index (χ3n) is 3.58. The first-order valence-corrected chi connectivity index (χ1v) is 6.63. The van der Waals surface area contributed by atoms with Crippen molar-refractivity contribution in [2.75, 3.05) is 6.54 Å². The fourth-order valence-electron chi connectivity index (χ4n) is 2.33. The van der Waals surface area contributed by atoms with Crippen molar-refractivity contribution in [3.8, 4) is 0 Å². The van der Waals surface area contributed by atoms with Gasteiger partial charge in [0, 0.05) is 6.04 Å². The molecule has 0 spiro atoms. The summed E-state index contributed by atoms with van der Waals surface area (Å²) >= 11 is 0. The molecule has 1 saturated carbocycles. The molecule has 0 aromatic heterocycles. The van der Waals surface area contributed by atoms with Gasteiger partial charge < -0.3 is 5.32 Å². The number of benzene rings is 1.